The van der Waals surface area contributed by atoms with Gasteiger partial charge in [-0.1, -0.05) is 19.3 Å². The van der Waals surface area contributed by atoms with Gasteiger partial charge in [0.2, 0.25) is 0 Å². The van der Waals surface area contributed by atoms with E-state index in [1.807, 2.05) is 0 Å². The topological polar surface area (TPSA) is 40.1 Å². The van der Waals surface area contributed by atoms with Gasteiger partial charge in [-0.05, 0) is 6.92 Å². The van der Waals surface area contributed by atoms with E-state index in [9.17, 15) is 0 Å². The molecule has 0 unspecified atom stereocenters. The minimum Gasteiger partial charge on any atom is -0.550 e. The normalized spacial score (nSPS) is 12.1. The van der Waals surface area contributed by atoms with Crippen LogP contribution in [0.1, 0.15) is 26.2 Å². The van der Waals surface area contributed by atoms with Gasteiger partial charge in [-0.3, -0.25) is 0 Å². The number of hydrogen-bond acceptors (Lipinski definition) is 2. The first kappa shape index (κ1) is 11.3. The first-order valence-corrected chi connectivity index (χ1v) is 2.41. The number of carbonyl (C=O) groups excluding carboxylic acids is 1. The van der Waals surface area contributed by atoms with E-state index in [-0.39, 0.29) is 29.6 Å². The van der Waals surface area contributed by atoms with E-state index in [4.69, 9.17) is 9.90 Å². The van der Waals surface area contributed by atoms with Gasteiger partial charge in [-0.15, -0.1) is 0 Å². The average molecular weight is 124 g/mol. The van der Waals surface area contributed by atoms with Crippen molar-refractivity contribution in [3.63, 3.8) is 0 Å². The molecule has 0 aromatic carbocycles. The fraction of sp³-hybridized carbons (Fsp3) is 0.800. The van der Waals surface area contributed by atoms with Crippen LogP contribution < -0.4 is 34.7 Å². The van der Waals surface area contributed by atoms with Crippen molar-refractivity contribution in [2.45, 2.75) is 26.2 Å². The molecule has 0 aromatic heterocycles. The molecular formula is C5H9NaO2. The quantitative estimate of drug-likeness (QED) is 0.321. The van der Waals surface area contributed by atoms with E-state index in [1.165, 1.54) is 19.3 Å². The Balaban J connectivity index is 0. The minimum absolute atomic E-state index is 0. The summed E-state index contributed by atoms with van der Waals surface area (Å²) in [4.78, 5) is 8.89. The van der Waals surface area contributed by atoms with Crippen LogP contribution in [0.2, 0.25) is 0 Å². The number of rotatable bonds is 0. The molecule has 0 saturated heterocycles. The molecule has 0 N–H and O–H groups in total. The Morgan fingerprint density at radius 1 is 1.38 bits per heavy atom. The van der Waals surface area contributed by atoms with Crippen LogP contribution in [0.25, 0.3) is 0 Å². The maximum absolute atomic E-state index is 8.89. The molecular weight excluding hydrogens is 115 g/mol. The van der Waals surface area contributed by atoms with Crippen molar-refractivity contribution in [1.29, 1.82) is 0 Å². The predicted octanol–water partition coefficient (Wildman–Crippen LogP) is -3.07. The van der Waals surface area contributed by atoms with Gasteiger partial charge < -0.3 is 9.90 Å². The third-order valence-electron chi connectivity index (χ3n) is 0.354. The van der Waals surface area contributed by atoms with Crippen LogP contribution in [0.5, 0.6) is 0 Å². The van der Waals surface area contributed by atoms with Gasteiger partial charge in [-0.25, -0.2) is 0 Å². The summed E-state index contributed by atoms with van der Waals surface area (Å²) in [7, 11) is 0. The number of carboxylic acid groups (broad SMARTS) is 1. The molecule has 0 bridgehead atoms. The van der Waals surface area contributed by atoms with Gasteiger partial charge >= 0.3 is 29.6 Å². The Morgan fingerprint density at radius 2 is 1.50 bits per heavy atom. The average Bonchev–Trinajstić information content (AvgIpc) is 2.02. The van der Waals surface area contributed by atoms with Crippen molar-refractivity contribution in [1.82, 2.24) is 0 Å². The van der Waals surface area contributed by atoms with Gasteiger partial charge in [0.1, 0.15) is 0 Å². The second-order valence-corrected chi connectivity index (χ2v) is 1.55. The molecule has 42 valence electrons. The fourth-order valence-electron chi connectivity index (χ4n) is 0. The molecule has 0 aromatic rings. The van der Waals surface area contributed by atoms with Crippen LogP contribution in [0.3, 0.4) is 0 Å². The predicted molar refractivity (Wildman–Crippen MR) is 24.5 cm³/mol. The van der Waals surface area contributed by atoms with E-state index in [1.54, 1.807) is 0 Å². The summed E-state index contributed by atoms with van der Waals surface area (Å²) >= 11 is 0. The number of aliphatic carboxylic acids is 1. The molecule has 0 heterocycles. The van der Waals surface area contributed by atoms with Crippen molar-refractivity contribution >= 4 is 5.97 Å². The third-order valence-corrected chi connectivity index (χ3v) is 0.354. The summed E-state index contributed by atoms with van der Waals surface area (Å²) in [5.41, 5.74) is 0. The molecule has 1 aliphatic rings. The standard InChI is InChI=1S/C3H6.C2H4O2.Na/c1-2-3-1;1-2(3)4;/h1-3H2;1H3,(H,3,4);/q;;+1/p-1. The first-order valence-electron chi connectivity index (χ1n) is 2.41. The molecule has 0 radical (unpaired) electrons. The Bertz CT molecular complexity index is 54.7. The minimum atomic E-state index is -1.08. The second kappa shape index (κ2) is 7.47. The molecule has 0 spiro atoms. The maximum atomic E-state index is 8.89. The summed E-state index contributed by atoms with van der Waals surface area (Å²) in [6.45, 7) is 0.972. The van der Waals surface area contributed by atoms with Gasteiger partial charge in [0, 0.05) is 5.97 Å². The van der Waals surface area contributed by atoms with E-state index in [2.05, 4.69) is 0 Å². The summed E-state index contributed by atoms with van der Waals surface area (Å²) in [5.74, 6) is -1.08. The molecule has 0 atom stereocenters. The summed E-state index contributed by atoms with van der Waals surface area (Å²) in [6, 6.07) is 0. The van der Waals surface area contributed by atoms with Crippen LogP contribution in [0, 0.1) is 0 Å². The summed E-state index contributed by atoms with van der Waals surface area (Å²) < 4.78 is 0. The second-order valence-electron chi connectivity index (χ2n) is 1.55. The monoisotopic (exact) mass is 124 g/mol. The van der Waals surface area contributed by atoms with Gasteiger partial charge in [-0.2, -0.15) is 0 Å². The Labute approximate surface area is 71.6 Å². The molecule has 3 heteroatoms. The Kier molecular flexibility index (Phi) is 10.5. The Hall–Kier alpha value is 0.470. The summed E-state index contributed by atoms with van der Waals surface area (Å²) in [6.07, 6.45) is 4.50. The molecule has 1 saturated carbocycles. The number of hydrogen-bond donors (Lipinski definition) is 0. The van der Waals surface area contributed by atoms with Crippen LogP contribution in [0.4, 0.5) is 0 Å². The van der Waals surface area contributed by atoms with Crippen LogP contribution in [-0.2, 0) is 4.79 Å². The Morgan fingerprint density at radius 3 is 1.50 bits per heavy atom. The van der Waals surface area contributed by atoms with Crippen LogP contribution in [-0.4, -0.2) is 5.97 Å². The molecule has 2 nitrogen and oxygen atoms in total. The first-order chi connectivity index (χ1) is 3.23. The van der Waals surface area contributed by atoms with Gasteiger partial charge in [0.15, 0.2) is 0 Å². The van der Waals surface area contributed by atoms with Crippen molar-refractivity contribution in [3.05, 3.63) is 0 Å². The third kappa shape index (κ3) is 89.6. The number of carbonyl (C=O) groups is 1. The summed E-state index contributed by atoms with van der Waals surface area (Å²) in [5, 5.41) is 8.89. The van der Waals surface area contributed by atoms with E-state index in [0.717, 1.165) is 6.92 Å². The van der Waals surface area contributed by atoms with Crippen molar-refractivity contribution in [2.75, 3.05) is 0 Å². The zero-order chi connectivity index (χ0) is 5.70. The fourth-order valence-corrected chi connectivity index (χ4v) is 0. The molecule has 1 rings (SSSR count). The zero-order valence-corrected chi connectivity index (χ0v) is 7.44. The largest absolute Gasteiger partial charge is 1.00 e. The maximum Gasteiger partial charge on any atom is 1.00 e. The smallest absolute Gasteiger partial charge is 0.550 e. The van der Waals surface area contributed by atoms with Crippen molar-refractivity contribution in [3.8, 4) is 0 Å². The number of carboxylic acids is 1. The van der Waals surface area contributed by atoms with E-state index >= 15 is 0 Å². The molecule has 0 amide bonds. The van der Waals surface area contributed by atoms with E-state index in [0.29, 0.717) is 0 Å². The van der Waals surface area contributed by atoms with Crippen LogP contribution >= 0.6 is 0 Å². The molecule has 1 fully saturated rings. The van der Waals surface area contributed by atoms with E-state index < -0.39 is 5.97 Å². The SMILES string of the molecule is C1CC1.CC(=O)[O-].[Na+]. The van der Waals surface area contributed by atoms with Crippen molar-refractivity contribution < 1.29 is 39.5 Å². The van der Waals surface area contributed by atoms with Gasteiger partial charge in [0.25, 0.3) is 0 Å². The zero-order valence-electron chi connectivity index (χ0n) is 5.44. The molecule has 0 aliphatic heterocycles. The molecule has 1 aliphatic carbocycles. The van der Waals surface area contributed by atoms with Crippen molar-refractivity contribution in [2.24, 2.45) is 0 Å². The van der Waals surface area contributed by atoms with Crippen LogP contribution in [0.15, 0.2) is 0 Å². The molecule has 8 heavy (non-hydrogen) atoms. The van der Waals surface area contributed by atoms with Gasteiger partial charge in [0.05, 0.1) is 0 Å².